The average Bonchev–Trinajstić information content (AvgIpc) is 3.59. The Morgan fingerprint density at radius 1 is 0.426 bits per heavy atom. The summed E-state index contributed by atoms with van der Waals surface area (Å²) in [4.78, 5) is 2.43. The van der Waals surface area contributed by atoms with E-state index in [1.807, 2.05) is 0 Å². The maximum Gasteiger partial charge on any atom is 0.0541 e. The first-order valence-electron chi connectivity index (χ1n) is 19.5. The van der Waals surface area contributed by atoms with Crippen molar-refractivity contribution in [2.24, 2.45) is 0 Å². The van der Waals surface area contributed by atoms with Crippen molar-refractivity contribution in [2.45, 2.75) is 38.0 Å². The average molecular weight is 695 g/mol. The van der Waals surface area contributed by atoms with E-state index in [-0.39, 0.29) is 0 Å². The van der Waals surface area contributed by atoms with Gasteiger partial charge in [-0.15, -0.1) is 0 Å². The number of nitrogens with zero attached hydrogens (tertiary/aromatic N) is 2. The number of fused-ring (bicyclic) bond motifs is 4. The van der Waals surface area contributed by atoms with Crippen LogP contribution in [0.15, 0.2) is 188 Å². The molecule has 260 valence electrons. The van der Waals surface area contributed by atoms with E-state index in [4.69, 9.17) is 0 Å². The second-order valence-corrected chi connectivity index (χ2v) is 14.8. The minimum Gasteiger partial charge on any atom is -0.310 e. The molecule has 0 saturated heterocycles. The molecular weight excluding hydrogens is 653 g/mol. The Balaban J connectivity index is 1.08. The number of benzene rings is 8. The predicted octanol–water partition coefficient (Wildman–Crippen LogP) is 14.8. The van der Waals surface area contributed by atoms with Gasteiger partial charge < -0.3 is 9.47 Å². The van der Waals surface area contributed by atoms with E-state index in [9.17, 15) is 0 Å². The van der Waals surface area contributed by atoms with Gasteiger partial charge in [0.2, 0.25) is 0 Å². The van der Waals surface area contributed by atoms with Gasteiger partial charge in [-0.2, -0.15) is 0 Å². The van der Waals surface area contributed by atoms with Crippen molar-refractivity contribution < 1.29 is 0 Å². The summed E-state index contributed by atoms with van der Waals surface area (Å²) in [6, 6.07) is 69.2. The van der Waals surface area contributed by atoms with Crippen LogP contribution in [-0.4, -0.2) is 4.57 Å². The molecule has 0 unspecified atom stereocenters. The fourth-order valence-corrected chi connectivity index (χ4v) is 8.98. The van der Waals surface area contributed by atoms with Gasteiger partial charge in [-0.05, 0) is 118 Å². The molecule has 1 aromatic heterocycles. The normalized spacial score (nSPS) is 13.5. The van der Waals surface area contributed by atoms with Crippen LogP contribution < -0.4 is 4.90 Å². The SMILES string of the molecule is c1ccc(-c2cccc3cccc(-c4ccc(N(c5ccc(-n6c7ccccc7c7ccccc76)cc5)c5cccc(C6CCCCC6)c5)cc4)c23)cc1. The third-order valence-electron chi connectivity index (χ3n) is 11.6. The molecular formula is C52H42N2. The molecule has 2 nitrogen and oxygen atoms in total. The summed E-state index contributed by atoms with van der Waals surface area (Å²) in [5, 5.41) is 5.10. The molecule has 54 heavy (non-hydrogen) atoms. The molecule has 0 N–H and O–H groups in total. The van der Waals surface area contributed by atoms with Crippen LogP contribution >= 0.6 is 0 Å². The van der Waals surface area contributed by atoms with Gasteiger partial charge in [0, 0.05) is 33.5 Å². The summed E-state index contributed by atoms with van der Waals surface area (Å²) in [6.45, 7) is 0. The quantitative estimate of drug-likeness (QED) is 0.161. The molecule has 0 atom stereocenters. The number of rotatable bonds is 7. The number of aromatic nitrogens is 1. The van der Waals surface area contributed by atoms with Crippen LogP contribution in [0.2, 0.25) is 0 Å². The van der Waals surface area contributed by atoms with Crippen molar-refractivity contribution in [2.75, 3.05) is 4.90 Å². The smallest absolute Gasteiger partial charge is 0.0541 e. The van der Waals surface area contributed by atoms with Crippen molar-refractivity contribution in [1.82, 2.24) is 4.57 Å². The Labute approximate surface area is 317 Å². The zero-order valence-electron chi connectivity index (χ0n) is 30.4. The van der Waals surface area contributed by atoms with Crippen molar-refractivity contribution in [3.8, 4) is 27.9 Å². The van der Waals surface area contributed by atoms with Crippen LogP contribution in [0.5, 0.6) is 0 Å². The predicted molar refractivity (Wildman–Crippen MR) is 230 cm³/mol. The molecule has 2 heteroatoms. The van der Waals surface area contributed by atoms with Crippen molar-refractivity contribution in [3.63, 3.8) is 0 Å². The summed E-state index contributed by atoms with van der Waals surface area (Å²) in [5.74, 6) is 0.630. The van der Waals surface area contributed by atoms with Crippen LogP contribution in [0, 0.1) is 0 Å². The summed E-state index contributed by atoms with van der Waals surface area (Å²) < 4.78 is 2.39. The van der Waals surface area contributed by atoms with Crippen LogP contribution in [0.1, 0.15) is 43.6 Å². The Hall–Kier alpha value is -6.38. The van der Waals surface area contributed by atoms with Gasteiger partial charge in [-0.25, -0.2) is 0 Å². The van der Waals surface area contributed by atoms with Gasteiger partial charge in [0.25, 0.3) is 0 Å². The number of anilines is 3. The molecule has 1 aliphatic rings. The van der Waals surface area contributed by atoms with Crippen LogP contribution in [-0.2, 0) is 0 Å². The third kappa shape index (κ3) is 5.76. The van der Waals surface area contributed by atoms with E-state index in [0.29, 0.717) is 5.92 Å². The van der Waals surface area contributed by atoms with Gasteiger partial charge in [0.1, 0.15) is 0 Å². The summed E-state index contributed by atoms with van der Waals surface area (Å²) >= 11 is 0. The molecule has 0 radical (unpaired) electrons. The zero-order valence-corrected chi connectivity index (χ0v) is 30.4. The molecule has 1 aliphatic carbocycles. The molecule has 1 saturated carbocycles. The fraction of sp³-hybridized carbons (Fsp3) is 0.115. The van der Waals surface area contributed by atoms with Crippen molar-refractivity contribution in [1.29, 1.82) is 0 Å². The van der Waals surface area contributed by atoms with Gasteiger partial charge >= 0.3 is 0 Å². The Bertz CT molecular complexity index is 2670. The van der Waals surface area contributed by atoms with E-state index in [2.05, 4.69) is 198 Å². The maximum absolute atomic E-state index is 2.45. The number of para-hydroxylation sites is 2. The third-order valence-corrected chi connectivity index (χ3v) is 11.6. The summed E-state index contributed by atoms with van der Waals surface area (Å²) in [7, 11) is 0. The Morgan fingerprint density at radius 2 is 0.981 bits per heavy atom. The largest absolute Gasteiger partial charge is 0.310 e. The van der Waals surface area contributed by atoms with E-state index < -0.39 is 0 Å². The molecule has 9 aromatic rings. The highest BCUT2D eigenvalue weighted by Crippen LogP contribution is 2.42. The first kappa shape index (κ1) is 32.3. The number of hydrogen-bond acceptors (Lipinski definition) is 1. The molecule has 0 amide bonds. The lowest BCUT2D eigenvalue weighted by Crippen LogP contribution is -2.11. The first-order valence-corrected chi connectivity index (χ1v) is 19.5. The molecule has 0 spiro atoms. The molecule has 0 bridgehead atoms. The minimum absolute atomic E-state index is 0.630. The highest BCUT2D eigenvalue weighted by atomic mass is 15.1. The standard InChI is InChI=1S/C52H42N2/c1-3-14-37(15-4-1)41-20-11-21-45(36-41)53(43-32-34-44(35-33-43)54-50-26-9-7-22-48(50)49-23-8-10-27-51(49)54)42-30-28-39(29-31-42)47-25-13-19-40-18-12-24-46(52(40)47)38-16-5-2-6-17-38/h2,5-13,16-37H,1,3-4,14-15H2. The van der Waals surface area contributed by atoms with E-state index in [1.165, 1.54) is 98.2 Å². The summed E-state index contributed by atoms with van der Waals surface area (Å²) in [6.07, 6.45) is 6.56. The van der Waals surface area contributed by atoms with Crippen molar-refractivity contribution in [3.05, 3.63) is 194 Å². The lowest BCUT2D eigenvalue weighted by Gasteiger charge is -2.28. The summed E-state index contributed by atoms with van der Waals surface area (Å²) in [5.41, 5.74) is 13.5. The molecule has 1 heterocycles. The van der Waals surface area contributed by atoms with Gasteiger partial charge in [0.15, 0.2) is 0 Å². The minimum atomic E-state index is 0.630. The number of hydrogen-bond donors (Lipinski definition) is 0. The first-order chi connectivity index (χ1) is 26.8. The van der Waals surface area contributed by atoms with Crippen LogP contribution in [0.4, 0.5) is 17.1 Å². The van der Waals surface area contributed by atoms with Gasteiger partial charge in [0.05, 0.1) is 11.0 Å². The van der Waals surface area contributed by atoms with Crippen LogP contribution in [0.3, 0.4) is 0 Å². The van der Waals surface area contributed by atoms with E-state index in [0.717, 1.165) is 17.1 Å². The molecule has 10 rings (SSSR count). The monoisotopic (exact) mass is 694 g/mol. The maximum atomic E-state index is 2.45. The Morgan fingerprint density at radius 3 is 1.63 bits per heavy atom. The second-order valence-electron chi connectivity index (χ2n) is 14.8. The lowest BCUT2D eigenvalue weighted by molar-refractivity contribution is 0.443. The van der Waals surface area contributed by atoms with Crippen LogP contribution in [0.25, 0.3) is 60.5 Å². The molecule has 1 fully saturated rings. The zero-order chi connectivity index (χ0) is 35.8. The lowest BCUT2D eigenvalue weighted by atomic mass is 9.84. The topological polar surface area (TPSA) is 8.17 Å². The van der Waals surface area contributed by atoms with Gasteiger partial charge in [-0.1, -0.05) is 147 Å². The second kappa shape index (κ2) is 13.9. The Kier molecular flexibility index (Phi) is 8.30. The molecule has 0 aliphatic heterocycles. The van der Waals surface area contributed by atoms with Gasteiger partial charge in [-0.3, -0.25) is 0 Å². The van der Waals surface area contributed by atoms with Crippen molar-refractivity contribution >= 4 is 49.6 Å². The fourth-order valence-electron chi connectivity index (χ4n) is 8.98. The van der Waals surface area contributed by atoms with E-state index in [1.54, 1.807) is 0 Å². The highest BCUT2D eigenvalue weighted by Gasteiger charge is 2.20. The highest BCUT2D eigenvalue weighted by molar-refractivity contribution is 6.09. The molecule has 8 aromatic carbocycles. The van der Waals surface area contributed by atoms with E-state index >= 15 is 0 Å².